The summed E-state index contributed by atoms with van der Waals surface area (Å²) in [5, 5.41) is 16.4. The molecule has 1 aromatic carbocycles. The SMILES string of the molecule is CCOC(=O)C1=C(CSc2nnc(-c3cccs3)o2)NC(=O)NC1c1ccc(Cl)cc1. The Kier molecular flexibility index (Phi) is 6.59. The average Bonchev–Trinajstić information content (AvgIpc) is 3.44. The molecular formula is C20H17ClN4O4S2. The number of carbonyl (C=O) groups is 2. The maximum Gasteiger partial charge on any atom is 0.338 e. The van der Waals surface area contributed by atoms with Crippen LogP contribution in [0.1, 0.15) is 18.5 Å². The predicted molar refractivity (Wildman–Crippen MR) is 118 cm³/mol. The number of amides is 2. The molecule has 8 nitrogen and oxygen atoms in total. The number of urea groups is 1. The standard InChI is InChI=1S/C20H17ClN4O4S2/c1-2-28-18(26)15-13(10-31-20-25-24-17(29-20)14-4-3-9-30-14)22-19(27)23-16(15)11-5-7-12(21)8-6-11/h3-9,16H,2,10H2,1H3,(H2,22,23,27). The molecule has 2 aromatic heterocycles. The van der Waals surface area contributed by atoms with Gasteiger partial charge < -0.3 is 19.8 Å². The monoisotopic (exact) mass is 476 g/mol. The first-order valence-electron chi connectivity index (χ1n) is 9.28. The smallest absolute Gasteiger partial charge is 0.338 e. The van der Waals surface area contributed by atoms with E-state index in [0.717, 1.165) is 4.88 Å². The van der Waals surface area contributed by atoms with Gasteiger partial charge in [0.1, 0.15) is 0 Å². The zero-order valence-electron chi connectivity index (χ0n) is 16.3. The maximum absolute atomic E-state index is 12.8. The van der Waals surface area contributed by atoms with Crippen LogP contribution in [0.25, 0.3) is 10.8 Å². The number of hydrogen-bond acceptors (Lipinski definition) is 8. The lowest BCUT2D eigenvalue weighted by atomic mass is 9.95. The molecule has 160 valence electrons. The molecule has 0 spiro atoms. The number of benzene rings is 1. The minimum Gasteiger partial charge on any atom is -0.463 e. The Morgan fingerprint density at radius 3 is 2.81 bits per heavy atom. The van der Waals surface area contributed by atoms with Crippen LogP contribution in [-0.2, 0) is 9.53 Å². The van der Waals surface area contributed by atoms with Crippen molar-refractivity contribution in [2.45, 2.75) is 18.2 Å². The van der Waals surface area contributed by atoms with Crippen LogP contribution in [0.5, 0.6) is 0 Å². The van der Waals surface area contributed by atoms with Crippen molar-refractivity contribution in [3.8, 4) is 10.8 Å². The third-order valence-electron chi connectivity index (χ3n) is 4.33. The highest BCUT2D eigenvalue weighted by atomic mass is 35.5. The van der Waals surface area contributed by atoms with Crippen LogP contribution in [0.15, 0.2) is 62.7 Å². The van der Waals surface area contributed by atoms with Crippen molar-refractivity contribution in [2.75, 3.05) is 12.4 Å². The fourth-order valence-corrected chi connectivity index (χ4v) is 4.49. The first-order valence-corrected chi connectivity index (χ1v) is 11.5. The van der Waals surface area contributed by atoms with Crippen LogP contribution in [0.2, 0.25) is 5.02 Å². The van der Waals surface area contributed by atoms with E-state index in [2.05, 4.69) is 20.8 Å². The van der Waals surface area contributed by atoms with Crippen molar-refractivity contribution in [3.63, 3.8) is 0 Å². The highest BCUT2D eigenvalue weighted by molar-refractivity contribution is 7.99. The molecule has 11 heteroatoms. The average molecular weight is 477 g/mol. The number of thioether (sulfide) groups is 1. The van der Waals surface area contributed by atoms with Gasteiger partial charge in [0.25, 0.3) is 11.1 Å². The number of thiophene rings is 1. The topological polar surface area (TPSA) is 106 Å². The van der Waals surface area contributed by atoms with Crippen LogP contribution >= 0.6 is 34.7 Å². The summed E-state index contributed by atoms with van der Waals surface area (Å²) < 4.78 is 10.9. The second-order valence-electron chi connectivity index (χ2n) is 6.33. The van der Waals surface area contributed by atoms with Gasteiger partial charge in [-0.1, -0.05) is 41.6 Å². The molecule has 0 fully saturated rings. The van der Waals surface area contributed by atoms with Crippen LogP contribution in [-0.4, -0.2) is 34.6 Å². The summed E-state index contributed by atoms with van der Waals surface area (Å²) in [7, 11) is 0. The Morgan fingerprint density at radius 1 is 1.29 bits per heavy atom. The van der Waals surface area contributed by atoms with E-state index in [1.54, 1.807) is 31.2 Å². The maximum atomic E-state index is 12.8. The van der Waals surface area contributed by atoms with Gasteiger partial charge in [0.15, 0.2) is 0 Å². The van der Waals surface area contributed by atoms with E-state index in [1.165, 1.54) is 23.1 Å². The second-order valence-corrected chi connectivity index (χ2v) is 8.65. The quantitative estimate of drug-likeness (QED) is 0.384. The lowest BCUT2D eigenvalue weighted by Crippen LogP contribution is -2.46. The van der Waals surface area contributed by atoms with Gasteiger partial charge in [-0.05, 0) is 36.1 Å². The molecule has 1 aliphatic rings. The van der Waals surface area contributed by atoms with E-state index < -0.39 is 18.0 Å². The number of carbonyl (C=O) groups excluding carboxylic acids is 2. The van der Waals surface area contributed by atoms with Gasteiger partial charge in [-0.15, -0.1) is 21.5 Å². The Hall–Kier alpha value is -2.82. The van der Waals surface area contributed by atoms with E-state index in [9.17, 15) is 9.59 Å². The molecule has 4 rings (SSSR count). The molecule has 0 saturated heterocycles. The highest BCUT2D eigenvalue weighted by Crippen LogP contribution is 2.32. The number of ether oxygens (including phenoxy) is 1. The van der Waals surface area contributed by atoms with E-state index in [-0.39, 0.29) is 12.4 Å². The number of nitrogens with one attached hydrogen (secondary N) is 2. The highest BCUT2D eigenvalue weighted by Gasteiger charge is 2.34. The van der Waals surface area contributed by atoms with E-state index in [4.69, 9.17) is 20.8 Å². The number of rotatable bonds is 7. The molecule has 1 unspecified atom stereocenters. The molecule has 0 aliphatic carbocycles. The van der Waals surface area contributed by atoms with Crippen LogP contribution in [0, 0.1) is 0 Å². The molecule has 3 aromatic rings. The van der Waals surface area contributed by atoms with Crippen LogP contribution in [0.3, 0.4) is 0 Å². The van der Waals surface area contributed by atoms with Gasteiger partial charge in [0, 0.05) is 16.5 Å². The Bertz CT molecular complexity index is 1110. The molecule has 1 aliphatic heterocycles. The summed E-state index contributed by atoms with van der Waals surface area (Å²) in [6.07, 6.45) is 0. The fourth-order valence-electron chi connectivity index (χ4n) is 2.99. The second kappa shape index (κ2) is 9.54. The largest absolute Gasteiger partial charge is 0.463 e. The van der Waals surface area contributed by atoms with Gasteiger partial charge in [-0.2, -0.15) is 0 Å². The van der Waals surface area contributed by atoms with Crippen molar-refractivity contribution in [2.24, 2.45) is 0 Å². The lowest BCUT2D eigenvalue weighted by molar-refractivity contribution is -0.139. The van der Waals surface area contributed by atoms with Gasteiger partial charge in [-0.3, -0.25) is 0 Å². The Morgan fingerprint density at radius 2 is 2.10 bits per heavy atom. The number of hydrogen-bond donors (Lipinski definition) is 2. The van der Waals surface area contributed by atoms with E-state index in [1.807, 2.05) is 17.5 Å². The number of esters is 1. The fraction of sp³-hybridized carbons (Fsp3) is 0.200. The van der Waals surface area contributed by atoms with Crippen molar-refractivity contribution >= 4 is 46.7 Å². The first-order chi connectivity index (χ1) is 15.0. The molecule has 1 atom stereocenters. The molecule has 0 radical (unpaired) electrons. The predicted octanol–water partition coefficient (Wildman–Crippen LogP) is 4.41. The molecule has 3 heterocycles. The number of halogens is 1. The molecule has 2 amide bonds. The molecule has 31 heavy (non-hydrogen) atoms. The Labute approximate surface area is 191 Å². The normalized spacial score (nSPS) is 16.1. The summed E-state index contributed by atoms with van der Waals surface area (Å²) >= 11 is 8.70. The Balaban J connectivity index is 1.62. The minimum absolute atomic E-state index is 0.206. The first kappa shape index (κ1) is 21.4. The number of nitrogens with zero attached hydrogens (tertiary/aromatic N) is 2. The summed E-state index contributed by atoms with van der Waals surface area (Å²) in [6, 6.07) is 9.60. The van der Waals surface area contributed by atoms with Crippen molar-refractivity contribution < 1.29 is 18.7 Å². The van der Waals surface area contributed by atoms with Crippen molar-refractivity contribution in [1.82, 2.24) is 20.8 Å². The summed E-state index contributed by atoms with van der Waals surface area (Å²) in [4.78, 5) is 26.0. The summed E-state index contributed by atoms with van der Waals surface area (Å²) in [6.45, 7) is 1.93. The molecule has 2 N–H and O–H groups in total. The molecule has 0 saturated carbocycles. The van der Waals surface area contributed by atoms with Gasteiger partial charge in [-0.25, -0.2) is 9.59 Å². The van der Waals surface area contributed by atoms with Crippen LogP contribution < -0.4 is 10.6 Å². The van der Waals surface area contributed by atoms with Crippen molar-refractivity contribution in [3.05, 3.63) is 63.6 Å². The third kappa shape index (κ3) is 4.92. The van der Waals surface area contributed by atoms with E-state index >= 15 is 0 Å². The van der Waals surface area contributed by atoms with Gasteiger partial charge in [0.05, 0.1) is 23.1 Å². The van der Waals surface area contributed by atoms with Crippen molar-refractivity contribution in [1.29, 1.82) is 0 Å². The zero-order chi connectivity index (χ0) is 21.8. The minimum atomic E-state index is -0.676. The van der Waals surface area contributed by atoms with Gasteiger partial charge in [0.2, 0.25) is 0 Å². The molecular weight excluding hydrogens is 460 g/mol. The van der Waals surface area contributed by atoms with Crippen LogP contribution in [0.4, 0.5) is 4.79 Å². The lowest BCUT2D eigenvalue weighted by Gasteiger charge is -2.29. The zero-order valence-corrected chi connectivity index (χ0v) is 18.6. The summed E-state index contributed by atoms with van der Waals surface area (Å²) in [5.74, 6) is 0.137. The number of aromatic nitrogens is 2. The third-order valence-corrected chi connectivity index (χ3v) is 6.29. The molecule has 0 bridgehead atoms. The van der Waals surface area contributed by atoms with E-state index in [0.29, 0.717) is 33.0 Å². The van der Waals surface area contributed by atoms with Gasteiger partial charge >= 0.3 is 12.0 Å². The summed E-state index contributed by atoms with van der Waals surface area (Å²) in [5.41, 5.74) is 1.44.